The lowest BCUT2D eigenvalue weighted by Crippen LogP contribution is -2.51. The van der Waals surface area contributed by atoms with Crippen LogP contribution in [-0.2, 0) is 26.2 Å². The third-order valence-electron chi connectivity index (χ3n) is 6.39. The molecule has 1 atom stereocenters. The van der Waals surface area contributed by atoms with Crippen LogP contribution in [0.1, 0.15) is 30.0 Å². The summed E-state index contributed by atoms with van der Waals surface area (Å²) in [5.74, 6) is -0.207. The zero-order valence-corrected chi connectivity index (χ0v) is 23.3. The number of hydrogen-bond acceptors (Lipinski definition) is 5. The Labute approximate surface area is 225 Å². The van der Waals surface area contributed by atoms with Crippen molar-refractivity contribution in [3.05, 3.63) is 89.5 Å². The average Bonchev–Trinajstić information content (AvgIpc) is 2.92. The Kier molecular flexibility index (Phi) is 9.52. The van der Waals surface area contributed by atoms with Gasteiger partial charge in [-0.15, -0.1) is 0 Å². The highest BCUT2D eigenvalue weighted by molar-refractivity contribution is 7.92. The summed E-state index contributed by atoms with van der Waals surface area (Å²) in [6, 6.07) is 20.0. The SMILES string of the molecule is CC[C@H](C(=O)NC)N(Cc1cccc(OC)c1)C(=O)CN(c1ccccc1C)S(=O)(=O)c1ccc(C)cc1. The molecule has 2 amide bonds. The lowest BCUT2D eigenvalue weighted by molar-refractivity contribution is -0.140. The first-order chi connectivity index (χ1) is 18.1. The summed E-state index contributed by atoms with van der Waals surface area (Å²) in [4.78, 5) is 28.3. The topological polar surface area (TPSA) is 96.0 Å². The number of nitrogens with zero attached hydrogens (tertiary/aromatic N) is 2. The van der Waals surface area contributed by atoms with Gasteiger partial charge in [-0.2, -0.15) is 0 Å². The van der Waals surface area contributed by atoms with Crippen LogP contribution in [0.2, 0.25) is 0 Å². The highest BCUT2D eigenvalue weighted by Gasteiger charge is 2.33. The highest BCUT2D eigenvalue weighted by atomic mass is 32.2. The number of methoxy groups -OCH3 is 1. The van der Waals surface area contributed by atoms with E-state index in [0.717, 1.165) is 15.4 Å². The summed E-state index contributed by atoms with van der Waals surface area (Å²) >= 11 is 0. The molecule has 0 saturated carbocycles. The van der Waals surface area contributed by atoms with Crippen LogP contribution in [0.25, 0.3) is 0 Å². The van der Waals surface area contributed by atoms with E-state index in [1.165, 1.54) is 24.1 Å². The van der Waals surface area contributed by atoms with Crippen LogP contribution in [0, 0.1) is 13.8 Å². The predicted octanol–water partition coefficient (Wildman–Crippen LogP) is 4.06. The van der Waals surface area contributed by atoms with E-state index < -0.39 is 28.5 Å². The van der Waals surface area contributed by atoms with Gasteiger partial charge in [-0.3, -0.25) is 13.9 Å². The number of aryl methyl sites for hydroxylation is 2. The average molecular weight is 538 g/mol. The number of benzene rings is 3. The van der Waals surface area contributed by atoms with Gasteiger partial charge in [0, 0.05) is 13.6 Å². The van der Waals surface area contributed by atoms with Gasteiger partial charge in [0.05, 0.1) is 17.7 Å². The maximum Gasteiger partial charge on any atom is 0.264 e. The molecule has 1 N–H and O–H groups in total. The molecule has 38 heavy (non-hydrogen) atoms. The van der Waals surface area contributed by atoms with Gasteiger partial charge in [-0.05, 0) is 61.7 Å². The van der Waals surface area contributed by atoms with Crippen molar-refractivity contribution >= 4 is 27.5 Å². The zero-order chi connectivity index (χ0) is 27.9. The molecule has 3 aromatic rings. The lowest BCUT2D eigenvalue weighted by atomic mass is 10.1. The number of ether oxygens (including phenoxy) is 1. The number of para-hydroxylation sites is 1. The standard InChI is InChI=1S/C29H35N3O5S/c1-6-26(29(34)30-4)31(19-23-11-9-12-24(18-23)37-5)28(33)20-32(27-13-8-7-10-22(27)3)38(35,36)25-16-14-21(2)15-17-25/h7-18,26H,6,19-20H2,1-5H3,(H,30,34)/t26-/m1/s1. The van der Waals surface area contributed by atoms with E-state index in [1.807, 2.05) is 26.0 Å². The summed E-state index contributed by atoms with van der Waals surface area (Å²) < 4.78 is 34.2. The number of rotatable bonds is 11. The Morgan fingerprint density at radius 2 is 1.66 bits per heavy atom. The van der Waals surface area contributed by atoms with E-state index in [-0.39, 0.29) is 17.3 Å². The Morgan fingerprint density at radius 3 is 2.26 bits per heavy atom. The summed E-state index contributed by atoms with van der Waals surface area (Å²) in [6.07, 6.45) is 0.352. The molecule has 9 heteroatoms. The molecule has 0 aliphatic carbocycles. The molecule has 0 aliphatic heterocycles. The van der Waals surface area contributed by atoms with Crippen molar-refractivity contribution in [1.82, 2.24) is 10.2 Å². The molecule has 3 rings (SSSR count). The van der Waals surface area contributed by atoms with Crippen molar-refractivity contribution in [3.63, 3.8) is 0 Å². The first-order valence-electron chi connectivity index (χ1n) is 12.4. The summed E-state index contributed by atoms with van der Waals surface area (Å²) in [7, 11) is -1.03. The first kappa shape index (κ1) is 28.7. The number of nitrogens with one attached hydrogen (secondary N) is 1. The molecule has 0 heterocycles. The molecule has 3 aromatic carbocycles. The molecule has 0 radical (unpaired) electrons. The summed E-state index contributed by atoms with van der Waals surface area (Å²) in [6.45, 7) is 5.12. The number of sulfonamides is 1. The second-order valence-corrected chi connectivity index (χ2v) is 10.9. The Morgan fingerprint density at radius 1 is 0.974 bits per heavy atom. The fourth-order valence-electron chi connectivity index (χ4n) is 4.25. The molecule has 0 spiro atoms. The number of likely N-dealkylation sites (N-methyl/N-ethyl adjacent to an activating group) is 1. The van der Waals surface area contributed by atoms with Gasteiger partial charge in [-0.25, -0.2) is 8.42 Å². The Hall–Kier alpha value is -3.85. The van der Waals surface area contributed by atoms with E-state index in [9.17, 15) is 18.0 Å². The van der Waals surface area contributed by atoms with Crippen LogP contribution in [-0.4, -0.2) is 51.9 Å². The van der Waals surface area contributed by atoms with Crippen molar-refractivity contribution < 1.29 is 22.7 Å². The van der Waals surface area contributed by atoms with Crippen molar-refractivity contribution in [3.8, 4) is 5.75 Å². The molecule has 202 valence electrons. The second-order valence-electron chi connectivity index (χ2n) is 9.02. The maximum atomic E-state index is 14.0. The number of anilines is 1. The van der Waals surface area contributed by atoms with Gasteiger partial charge < -0.3 is 15.0 Å². The smallest absolute Gasteiger partial charge is 0.264 e. The van der Waals surface area contributed by atoms with Crippen LogP contribution >= 0.6 is 0 Å². The van der Waals surface area contributed by atoms with Gasteiger partial charge in [0.2, 0.25) is 11.8 Å². The van der Waals surface area contributed by atoms with E-state index in [2.05, 4.69) is 5.32 Å². The van der Waals surface area contributed by atoms with Crippen molar-refractivity contribution in [2.45, 2.75) is 44.7 Å². The number of carbonyl (C=O) groups excluding carboxylic acids is 2. The largest absolute Gasteiger partial charge is 0.497 e. The molecular weight excluding hydrogens is 502 g/mol. The number of hydrogen-bond donors (Lipinski definition) is 1. The molecule has 0 aromatic heterocycles. The minimum atomic E-state index is -4.10. The van der Waals surface area contributed by atoms with Gasteiger partial charge in [0.1, 0.15) is 18.3 Å². The van der Waals surface area contributed by atoms with Crippen LogP contribution in [0.15, 0.2) is 77.7 Å². The van der Waals surface area contributed by atoms with Crippen LogP contribution in [0.3, 0.4) is 0 Å². The molecule has 0 bridgehead atoms. The molecule has 0 fully saturated rings. The highest BCUT2D eigenvalue weighted by Crippen LogP contribution is 2.28. The van der Waals surface area contributed by atoms with Crippen LogP contribution in [0.4, 0.5) is 5.69 Å². The normalized spacial score (nSPS) is 11.9. The van der Waals surface area contributed by atoms with Crippen molar-refractivity contribution in [2.75, 3.05) is 25.0 Å². The Balaban J connectivity index is 2.07. The maximum absolute atomic E-state index is 14.0. The van der Waals surface area contributed by atoms with Gasteiger partial charge in [-0.1, -0.05) is 55.0 Å². The fraction of sp³-hybridized carbons (Fsp3) is 0.310. The van der Waals surface area contributed by atoms with Crippen molar-refractivity contribution in [2.24, 2.45) is 0 Å². The summed E-state index contributed by atoms with van der Waals surface area (Å²) in [5.41, 5.74) is 2.77. The molecule has 8 nitrogen and oxygen atoms in total. The van der Waals surface area contributed by atoms with Gasteiger partial charge in [0.25, 0.3) is 10.0 Å². The quantitative estimate of drug-likeness (QED) is 0.398. The second kappa shape index (κ2) is 12.6. The van der Waals surface area contributed by atoms with Crippen LogP contribution in [0.5, 0.6) is 5.75 Å². The predicted molar refractivity (Wildman–Crippen MR) is 149 cm³/mol. The number of carbonyl (C=O) groups is 2. The van der Waals surface area contributed by atoms with Gasteiger partial charge in [0.15, 0.2) is 0 Å². The third-order valence-corrected chi connectivity index (χ3v) is 8.17. The Bertz CT molecular complexity index is 1370. The van der Waals surface area contributed by atoms with E-state index in [1.54, 1.807) is 62.6 Å². The van der Waals surface area contributed by atoms with E-state index in [4.69, 9.17) is 4.74 Å². The molecular formula is C29H35N3O5S. The minimum Gasteiger partial charge on any atom is -0.497 e. The van der Waals surface area contributed by atoms with E-state index >= 15 is 0 Å². The summed E-state index contributed by atoms with van der Waals surface area (Å²) in [5, 5.41) is 2.63. The number of amides is 2. The minimum absolute atomic E-state index is 0.0804. The molecule has 0 saturated heterocycles. The molecule has 0 unspecified atom stereocenters. The zero-order valence-electron chi connectivity index (χ0n) is 22.5. The van der Waals surface area contributed by atoms with Crippen LogP contribution < -0.4 is 14.4 Å². The molecule has 0 aliphatic rings. The monoisotopic (exact) mass is 537 g/mol. The van der Waals surface area contributed by atoms with Crippen molar-refractivity contribution in [1.29, 1.82) is 0 Å². The third kappa shape index (κ3) is 6.52. The van der Waals surface area contributed by atoms with E-state index in [0.29, 0.717) is 23.4 Å². The lowest BCUT2D eigenvalue weighted by Gasteiger charge is -2.33. The van der Waals surface area contributed by atoms with Gasteiger partial charge >= 0.3 is 0 Å². The first-order valence-corrected chi connectivity index (χ1v) is 13.8. The fourth-order valence-corrected chi connectivity index (χ4v) is 5.73.